The van der Waals surface area contributed by atoms with Gasteiger partial charge >= 0.3 is 17.9 Å². The van der Waals surface area contributed by atoms with Crippen LogP contribution < -0.4 is 9.47 Å². The van der Waals surface area contributed by atoms with Gasteiger partial charge in [-0.1, -0.05) is 44.7 Å². The van der Waals surface area contributed by atoms with Gasteiger partial charge in [0.05, 0.1) is 24.3 Å². The van der Waals surface area contributed by atoms with Crippen molar-refractivity contribution in [2.75, 3.05) is 13.2 Å². The second-order valence-corrected chi connectivity index (χ2v) is 8.49. The number of carbonyl (C=O) groups excluding carboxylic acids is 2. The Bertz CT molecular complexity index is 1170. The molecule has 0 spiro atoms. The number of carbonyl (C=O) groups is 3. The first kappa shape index (κ1) is 26.7. The summed E-state index contributed by atoms with van der Waals surface area (Å²) in [6.07, 6.45) is 6.73. The van der Waals surface area contributed by atoms with Gasteiger partial charge in [0.25, 0.3) is 0 Å². The maximum atomic E-state index is 12.5. The van der Waals surface area contributed by atoms with Crippen molar-refractivity contribution in [3.05, 3.63) is 71.8 Å². The fourth-order valence-corrected chi connectivity index (χ4v) is 3.66. The summed E-state index contributed by atoms with van der Waals surface area (Å²) in [4.78, 5) is 34.5. The Morgan fingerprint density at radius 3 is 1.97 bits per heavy atom. The minimum Gasteiger partial charge on any atom is -0.494 e. The van der Waals surface area contributed by atoms with E-state index in [0.29, 0.717) is 25.2 Å². The van der Waals surface area contributed by atoms with Crippen molar-refractivity contribution >= 4 is 28.7 Å². The molecule has 36 heavy (non-hydrogen) atoms. The van der Waals surface area contributed by atoms with Gasteiger partial charge in [-0.3, -0.25) is 4.79 Å². The molecule has 0 aliphatic rings. The minimum atomic E-state index is -1.04. The van der Waals surface area contributed by atoms with Gasteiger partial charge in [-0.2, -0.15) is 0 Å². The molecule has 3 rings (SSSR count). The lowest BCUT2D eigenvalue weighted by Gasteiger charge is -2.09. The van der Waals surface area contributed by atoms with Gasteiger partial charge in [-0.05, 0) is 72.1 Å². The maximum absolute atomic E-state index is 12.5. The third-order valence-electron chi connectivity index (χ3n) is 5.72. The molecular formula is C29H32O7. The molecule has 0 aromatic heterocycles. The van der Waals surface area contributed by atoms with Gasteiger partial charge in [0.1, 0.15) is 11.5 Å². The standard InChI is InChI=1S/C29H32O7/c1-2-27(30)35-18-8-6-4-3-5-7-17-34-26-16-13-22-19-24(10-9-23(22)20-26)29(33)36-25-14-11-21(12-15-25)28(31)32/h9-16,19-20H,2-8,17-18H2,1H3,(H,31,32). The molecule has 0 unspecified atom stereocenters. The lowest BCUT2D eigenvalue weighted by atomic mass is 10.1. The van der Waals surface area contributed by atoms with Crippen molar-refractivity contribution in [1.29, 1.82) is 0 Å². The number of fused-ring (bicyclic) bond motifs is 1. The van der Waals surface area contributed by atoms with Gasteiger partial charge < -0.3 is 19.3 Å². The number of benzene rings is 3. The molecule has 7 heteroatoms. The smallest absolute Gasteiger partial charge is 0.343 e. The van der Waals surface area contributed by atoms with Crippen molar-refractivity contribution in [2.45, 2.75) is 51.9 Å². The van der Waals surface area contributed by atoms with Crippen LogP contribution in [0.2, 0.25) is 0 Å². The first-order valence-corrected chi connectivity index (χ1v) is 12.3. The molecule has 0 saturated carbocycles. The van der Waals surface area contributed by atoms with Crippen LogP contribution in [0, 0.1) is 0 Å². The molecule has 0 radical (unpaired) electrons. The van der Waals surface area contributed by atoms with Gasteiger partial charge in [-0.25, -0.2) is 9.59 Å². The Hall–Kier alpha value is -3.87. The molecule has 3 aromatic rings. The number of aromatic carboxylic acids is 1. The molecule has 0 fully saturated rings. The zero-order valence-corrected chi connectivity index (χ0v) is 20.5. The highest BCUT2D eigenvalue weighted by Gasteiger charge is 2.11. The molecule has 0 bridgehead atoms. The summed E-state index contributed by atoms with van der Waals surface area (Å²) in [5.41, 5.74) is 0.531. The predicted octanol–water partition coefficient (Wildman–Crippen LogP) is 6.43. The van der Waals surface area contributed by atoms with E-state index in [1.54, 1.807) is 19.1 Å². The summed E-state index contributed by atoms with van der Waals surface area (Å²) >= 11 is 0. The fourth-order valence-electron chi connectivity index (χ4n) is 3.66. The number of hydrogen-bond acceptors (Lipinski definition) is 6. The van der Waals surface area contributed by atoms with E-state index in [0.717, 1.165) is 55.0 Å². The Balaban J connectivity index is 1.40. The van der Waals surface area contributed by atoms with Crippen LogP contribution in [0.4, 0.5) is 0 Å². The number of esters is 2. The average Bonchev–Trinajstić information content (AvgIpc) is 2.89. The van der Waals surface area contributed by atoms with Crippen molar-refractivity contribution in [1.82, 2.24) is 0 Å². The molecule has 190 valence electrons. The van der Waals surface area contributed by atoms with Crippen LogP contribution in [0.3, 0.4) is 0 Å². The summed E-state index contributed by atoms with van der Waals surface area (Å²) < 4.78 is 16.3. The number of rotatable bonds is 14. The molecule has 0 aliphatic heterocycles. The second kappa shape index (κ2) is 13.9. The van der Waals surface area contributed by atoms with Crippen molar-refractivity contribution in [2.24, 2.45) is 0 Å². The van der Waals surface area contributed by atoms with Crippen LogP contribution in [-0.4, -0.2) is 36.2 Å². The van der Waals surface area contributed by atoms with E-state index in [1.807, 2.05) is 24.3 Å². The van der Waals surface area contributed by atoms with Crippen LogP contribution in [0.1, 0.15) is 72.6 Å². The Morgan fingerprint density at radius 2 is 1.28 bits per heavy atom. The van der Waals surface area contributed by atoms with E-state index < -0.39 is 11.9 Å². The summed E-state index contributed by atoms with van der Waals surface area (Å²) in [6, 6.07) is 16.8. The molecule has 0 atom stereocenters. The zero-order valence-electron chi connectivity index (χ0n) is 20.5. The molecule has 0 amide bonds. The Kier molecular flexibility index (Phi) is 10.3. The molecule has 1 N–H and O–H groups in total. The van der Waals surface area contributed by atoms with Crippen LogP contribution in [0.25, 0.3) is 10.8 Å². The maximum Gasteiger partial charge on any atom is 0.343 e. The van der Waals surface area contributed by atoms with Crippen LogP contribution >= 0.6 is 0 Å². The van der Waals surface area contributed by atoms with E-state index >= 15 is 0 Å². The Labute approximate surface area is 211 Å². The molecule has 0 aliphatic carbocycles. The van der Waals surface area contributed by atoms with E-state index in [4.69, 9.17) is 19.3 Å². The quantitative estimate of drug-likeness (QED) is 0.157. The van der Waals surface area contributed by atoms with E-state index in [9.17, 15) is 14.4 Å². The number of unbranched alkanes of at least 4 members (excludes halogenated alkanes) is 5. The largest absolute Gasteiger partial charge is 0.494 e. The van der Waals surface area contributed by atoms with Crippen LogP contribution in [0.5, 0.6) is 11.5 Å². The Morgan fingerprint density at radius 1 is 0.694 bits per heavy atom. The number of carboxylic acid groups (broad SMARTS) is 1. The monoisotopic (exact) mass is 492 g/mol. The summed E-state index contributed by atoms with van der Waals surface area (Å²) in [5, 5.41) is 10.8. The third-order valence-corrected chi connectivity index (χ3v) is 5.72. The minimum absolute atomic E-state index is 0.127. The first-order valence-electron chi connectivity index (χ1n) is 12.3. The fraction of sp³-hybridized carbons (Fsp3) is 0.345. The van der Waals surface area contributed by atoms with Crippen molar-refractivity contribution in [3.63, 3.8) is 0 Å². The molecule has 7 nitrogen and oxygen atoms in total. The normalized spacial score (nSPS) is 10.7. The van der Waals surface area contributed by atoms with Crippen LogP contribution in [0.15, 0.2) is 60.7 Å². The number of carboxylic acids is 1. The number of hydrogen-bond donors (Lipinski definition) is 1. The van der Waals surface area contributed by atoms with Crippen molar-refractivity contribution in [3.8, 4) is 11.5 Å². The first-order chi connectivity index (χ1) is 17.5. The van der Waals surface area contributed by atoms with Gasteiger partial charge in [0, 0.05) is 6.42 Å². The van der Waals surface area contributed by atoms with Gasteiger partial charge in [0.15, 0.2) is 0 Å². The number of ether oxygens (including phenoxy) is 3. The van der Waals surface area contributed by atoms with Crippen LogP contribution in [-0.2, 0) is 9.53 Å². The topological polar surface area (TPSA) is 99.1 Å². The van der Waals surface area contributed by atoms with E-state index in [-0.39, 0.29) is 17.3 Å². The van der Waals surface area contributed by atoms with E-state index in [1.165, 1.54) is 24.3 Å². The second-order valence-electron chi connectivity index (χ2n) is 8.49. The highest BCUT2D eigenvalue weighted by atomic mass is 16.5. The zero-order chi connectivity index (χ0) is 25.8. The molecule has 0 heterocycles. The van der Waals surface area contributed by atoms with E-state index in [2.05, 4.69) is 0 Å². The predicted molar refractivity (Wildman–Crippen MR) is 137 cm³/mol. The highest BCUT2D eigenvalue weighted by Crippen LogP contribution is 2.23. The summed E-state index contributed by atoms with van der Waals surface area (Å²) in [7, 11) is 0. The van der Waals surface area contributed by atoms with Gasteiger partial charge in [0.2, 0.25) is 0 Å². The summed E-state index contributed by atoms with van der Waals surface area (Å²) in [5.74, 6) is -0.612. The van der Waals surface area contributed by atoms with Gasteiger partial charge in [-0.15, -0.1) is 0 Å². The van der Waals surface area contributed by atoms with Crippen molar-refractivity contribution < 1.29 is 33.7 Å². The third kappa shape index (κ3) is 8.41. The average molecular weight is 493 g/mol. The lowest BCUT2D eigenvalue weighted by Crippen LogP contribution is -2.08. The highest BCUT2D eigenvalue weighted by molar-refractivity contribution is 5.96. The lowest BCUT2D eigenvalue weighted by molar-refractivity contribution is -0.143. The summed E-state index contributed by atoms with van der Waals surface area (Å²) in [6.45, 7) is 2.96. The molecule has 3 aromatic carbocycles. The SMILES string of the molecule is CCC(=O)OCCCCCCCCOc1ccc2cc(C(=O)Oc3ccc(C(=O)O)cc3)ccc2c1. The molecular weight excluding hydrogens is 460 g/mol. The molecule has 0 saturated heterocycles.